The average molecular weight is 467 g/mol. The zero-order chi connectivity index (χ0) is 24.9. The van der Waals surface area contributed by atoms with E-state index in [0.29, 0.717) is 28.1 Å². The van der Waals surface area contributed by atoms with Crippen molar-refractivity contribution in [2.45, 2.75) is 26.1 Å². The van der Waals surface area contributed by atoms with E-state index < -0.39 is 17.8 Å². The lowest BCUT2D eigenvalue weighted by Crippen LogP contribution is -2.33. The number of hydrogen-bond donors (Lipinski definition) is 2. The number of amides is 1. The molecule has 0 aliphatic rings. The molecule has 0 aliphatic carbocycles. The van der Waals surface area contributed by atoms with Gasteiger partial charge in [-0.25, -0.2) is 0 Å². The number of alkyl halides is 3. The molecule has 1 amide bonds. The van der Waals surface area contributed by atoms with Gasteiger partial charge in [-0.1, -0.05) is 18.2 Å². The first-order valence-electron chi connectivity index (χ1n) is 10.4. The van der Waals surface area contributed by atoms with Crippen molar-refractivity contribution in [3.05, 3.63) is 95.3 Å². The number of nitrogens with two attached hydrogens (primary N) is 1. The molecule has 5 nitrogen and oxygen atoms in total. The summed E-state index contributed by atoms with van der Waals surface area (Å²) in [6.45, 7) is 7.10. The Labute approximate surface area is 195 Å². The SMILES string of the molecule is C=N/C(=C\C(N)=C/C)[C@H](C)NC(=O)c1ccc2c(Oc3ccc(C(F)(F)F)cc3)cccc2c1. The van der Waals surface area contributed by atoms with E-state index in [4.69, 9.17) is 10.5 Å². The maximum Gasteiger partial charge on any atom is 0.416 e. The molecule has 0 radical (unpaired) electrons. The molecule has 0 saturated heterocycles. The average Bonchev–Trinajstić information content (AvgIpc) is 2.81. The molecule has 0 aromatic heterocycles. The molecule has 3 rings (SSSR count). The van der Waals surface area contributed by atoms with Gasteiger partial charge in [0.25, 0.3) is 5.91 Å². The summed E-state index contributed by atoms with van der Waals surface area (Å²) in [5.41, 5.74) is 6.52. The second-order valence-corrected chi connectivity index (χ2v) is 7.53. The van der Waals surface area contributed by atoms with Gasteiger partial charge in [-0.3, -0.25) is 9.79 Å². The predicted octanol–water partition coefficient (Wildman–Crippen LogP) is 6.22. The van der Waals surface area contributed by atoms with Crippen molar-refractivity contribution in [1.29, 1.82) is 0 Å². The Morgan fingerprint density at radius 2 is 1.85 bits per heavy atom. The van der Waals surface area contributed by atoms with Gasteiger partial charge in [-0.05, 0) is 80.6 Å². The molecule has 0 saturated carbocycles. The maximum absolute atomic E-state index is 12.8. The number of carbonyl (C=O) groups excluding carboxylic acids is 1. The number of nitrogens with zero attached hydrogens (tertiary/aromatic N) is 1. The van der Waals surface area contributed by atoms with Gasteiger partial charge >= 0.3 is 6.18 Å². The van der Waals surface area contributed by atoms with Gasteiger partial charge in [0, 0.05) is 16.6 Å². The van der Waals surface area contributed by atoms with E-state index in [2.05, 4.69) is 17.0 Å². The van der Waals surface area contributed by atoms with Crippen molar-refractivity contribution in [3.63, 3.8) is 0 Å². The van der Waals surface area contributed by atoms with Crippen LogP contribution in [0.15, 0.2) is 89.2 Å². The number of allylic oxidation sites excluding steroid dienone is 2. The highest BCUT2D eigenvalue weighted by atomic mass is 19.4. The van der Waals surface area contributed by atoms with Crippen LogP contribution in [0.25, 0.3) is 10.8 Å². The first-order valence-corrected chi connectivity index (χ1v) is 10.4. The standard InChI is InChI=1S/C26H24F3N3O2/c1-4-20(30)15-23(31-3)16(2)32-25(33)18-8-13-22-17(14-18)6-5-7-24(22)34-21-11-9-19(10-12-21)26(27,28)29/h4-16H,3,30H2,1-2H3,(H,32,33)/b20-4+,23-15-/t16-/m0/s1. The summed E-state index contributed by atoms with van der Waals surface area (Å²) < 4.78 is 44.1. The molecule has 176 valence electrons. The van der Waals surface area contributed by atoms with Crippen molar-refractivity contribution in [3.8, 4) is 11.5 Å². The van der Waals surface area contributed by atoms with Crippen LogP contribution in [0.5, 0.6) is 11.5 Å². The number of nitrogens with one attached hydrogen (secondary N) is 1. The van der Waals surface area contributed by atoms with E-state index in [-0.39, 0.29) is 11.7 Å². The summed E-state index contributed by atoms with van der Waals surface area (Å²) in [5, 5.41) is 4.31. The van der Waals surface area contributed by atoms with Crippen LogP contribution in [-0.4, -0.2) is 18.7 Å². The van der Waals surface area contributed by atoms with Crippen LogP contribution in [0.4, 0.5) is 13.2 Å². The molecule has 0 fully saturated rings. The second kappa shape index (κ2) is 10.2. The third-order valence-corrected chi connectivity index (χ3v) is 5.13. The quantitative estimate of drug-likeness (QED) is 0.320. The van der Waals surface area contributed by atoms with Crippen LogP contribution in [0, 0.1) is 0 Å². The van der Waals surface area contributed by atoms with Gasteiger partial charge in [0.05, 0.1) is 17.3 Å². The minimum Gasteiger partial charge on any atom is -0.457 e. The predicted molar refractivity (Wildman–Crippen MR) is 128 cm³/mol. The molecule has 0 bridgehead atoms. The minimum atomic E-state index is -4.41. The molecule has 0 aliphatic heterocycles. The highest BCUT2D eigenvalue weighted by Gasteiger charge is 2.30. The Hall–Kier alpha value is -4.07. The van der Waals surface area contributed by atoms with Crippen LogP contribution in [0.1, 0.15) is 29.8 Å². The molecule has 34 heavy (non-hydrogen) atoms. The van der Waals surface area contributed by atoms with Crippen molar-refractivity contribution in [2.75, 3.05) is 0 Å². The number of rotatable bonds is 7. The highest BCUT2D eigenvalue weighted by Crippen LogP contribution is 2.33. The maximum atomic E-state index is 12.8. The summed E-state index contributed by atoms with van der Waals surface area (Å²) >= 11 is 0. The molecule has 3 aromatic carbocycles. The topological polar surface area (TPSA) is 76.7 Å². The van der Waals surface area contributed by atoms with E-state index in [1.807, 2.05) is 6.07 Å². The number of carbonyl (C=O) groups is 1. The fraction of sp³-hybridized carbons (Fsp3) is 0.154. The van der Waals surface area contributed by atoms with Gasteiger partial charge in [-0.15, -0.1) is 0 Å². The summed E-state index contributed by atoms with van der Waals surface area (Å²) in [4.78, 5) is 16.7. The van der Waals surface area contributed by atoms with Crippen molar-refractivity contribution >= 4 is 23.4 Å². The van der Waals surface area contributed by atoms with E-state index in [9.17, 15) is 18.0 Å². The lowest BCUT2D eigenvalue weighted by molar-refractivity contribution is -0.137. The Morgan fingerprint density at radius 3 is 2.47 bits per heavy atom. The number of aliphatic imine (C=N–C) groups is 1. The Bertz CT molecular complexity index is 1260. The summed E-state index contributed by atoms with van der Waals surface area (Å²) in [6.07, 6.45) is -1.05. The van der Waals surface area contributed by atoms with E-state index >= 15 is 0 Å². The third kappa shape index (κ3) is 5.83. The fourth-order valence-electron chi connectivity index (χ4n) is 3.24. The molecule has 0 heterocycles. The molecule has 1 atom stereocenters. The van der Waals surface area contributed by atoms with Crippen LogP contribution < -0.4 is 15.8 Å². The molecular formula is C26H24F3N3O2. The largest absolute Gasteiger partial charge is 0.457 e. The number of hydrogen-bond acceptors (Lipinski definition) is 4. The van der Waals surface area contributed by atoms with Gasteiger partial charge < -0.3 is 15.8 Å². The monoisotopic (exact) mass is 467 g/mol. The smallest absolute Gasteiger partial charge is 0.416 e. The van der Waals surface area contributed by atoms with E-state index in [1.54, 1.807) is 56.3 Å². The lowest BCUT2D eigenvalue weighted by Gasteiger charge is -2.15. The Morgan fingerprint density at radius 1 is 1.15 bits per heavy atom. The number of fused-ring (bicyclic) bond motifs is 1. The number of halogens is 3. The van der Waals surface area contributed by atoms with E-state index in [1.165, 1.54) is 12.1 Å². The van der Waals surface area contributed by atoms with E-state index in [0.717, 1.165) is 17.5 Å². The molecule has 0 unspecified atom stereocenters. The molecular weight excluding hydrogens is 443 g/mol. The van der Waals surface area contributed by atoms with Crippen LogP contribution in [0.3, 0.4) is 0 Å². The molecule has 3 aromatic rings. The van der Waals surface area contributed by atoms with Crippen LogP contribution >= 0.6 is 0 Å². The van der Waals surface area contributed by atoms with Crippen molar-refractivity contribution in [1.82, 2.24) is 5.32 Å². The first-order chi connectivity index (χ1) is 16.1. The fourth-order valence-corrected chi connectivity index (χ4v) is 3.24. The summed E-state index contributed by atoms with van der Waals surface area (Å²) in [7, 11) is 0. The van der Waals surface area contributed by atoms with Gasteiger partial charge in [0.1, 0.15) is 11.5 Å². The van der Waals surface area contributed by atoms with Crippen molar-refractivity contribution < 1.29 is 22.7 Å². The zero-order valence-electron chi connectivity index (χ0n) is 18.7. The van der Waals surface area contributed by atoms with Crippen LogP contribution in [0.2, 0.25) is 0 Å². The number of ether oxygens (including phenoxy) is 1. The van der Waals surface area contributed by atoms with Gasteiger partial charge in [0.15, 0.2) is 0 Å². The third-order valence-electron chi connectivity index (χ3n) is 5.13. The van der Waals surface area contributed by atoms with Crippen LogP contribution in [-0.2, 0) is 6.18 Å². The summed E-state index contributed by atoms with van der Waals surface area (Å²) in [6, 6.07) is 14.4. The normalized spacial score (nSPS) is 13.4. The van der Waals surface area contributed by atoms with Crippen molar-refractivity contribution in [2.24, 2.45) is 10.7 Å². The Balaban J connectivity index is 1.81. The number of benzene rings is 3. The zero-order valence-corrected chi connectivity index (χ0v) is 18.7. The second-order valence-electron chi connectivity index (χ2n) is 7.53. The molecule has 0 spiro atoms. The van der Waals surface area contributed by atoms with Gasteiger partial charge in [0.2, 0.25) is 0 Å². The Kier molecular flexibility index (Phi) is 7.40. The summed E-state index contributed by atoms with van der Waals surface area (Å²) in [5.74, 6) is 0.422. The lowest BCUT2D eigenvalue weighted by atomic mass is 10.1. The molecule has 8 heteroatoms. The highest BCUT2D eigenvalue weighted by molar-refractivity contribution is 6.00. The molecule has 3 N–H and O–H groups in total. The van der Waals surface area contributed by atoms with Gasteiger partial charge in [-0.2, -0.15) is 13.2 Å². The minimum absolute atomic E-state index is 0.271. The first kappa shape index (κ1) is 24.6.